The average Bonchev–Trinajstić information content (AvgIpc) is 2.67. The van der Waals surface area contributed by atoms with Crippen molar-refractivity contribution in [2.45, 2.75) is 32.7 Å². The van der Waals surface area contributed by atoms with Crippen molar-refractivity contribution in [1.29, 1.82) is 0 Å². The quantitative estimate of drug-likeness (QED) is 0.770. The van der Waals surface area contributed by atoms with Gasteiger partial charge in [0.1, 0.15) is 5.75 Å². The molecule has 26 heavy (non-hydrogen) atoms. The summed E-state index contributed by atoms with van der Waals surface area (Å²) < 4.78 is 5.21. The monoisotopic (exact) mass is 361 g/mol. The number of nitrogens with one attached hydrogen (secondary N) is 1. The lowest BCUT2D eigenvalue weighted by Crippen LogP contribution is -2.47. The van der Waals surface area contributed by atoms with E-state index in [2.05, 4.69) is 24.1 Å². The van der Waals surface area contributed by atoms with Crippen molar-refractivity contribution in [3.05, 3.63) is 29.8 Å². The van der Waals surface area contributed by atoms with Crippen LogP contribution in [-0.4, -0.2) is 62.0 Å². The third-order valence-corrected chi connectivity index (χ3v) is 5.28. The molecule has 2 rings (SSSR count). The Kier molecular flexibility index (Phi) is 7.45. The smallest absolute Gasteiger partial charge is 0.225 e. The van der Waals surface area contributed by atoms with Crippen LogP contribution in [0.3, 0.4) is 0 Å². The van der Waals surface area contributed by atoms with Crippen molar-refractivity contribution in [3.63, 3.8) is 0 Å². The Morgan fingerprint density at radius 2 is 1.92 bits per heavy atom. The number of hydrogen-bond donors (Lipinski definition) is 1. The van der Waals surface area contributed by atoms with Gasteiger partial charge in [0.15, 0.2) is 0 Å². The minimum atomic E-state index is -0.240. The van der Waals surface area contributed by atoms with Gasteiger partial charge in [-0.15, -0.1) is 0 Å². The van der Waals surface area contributed by atoms with Gasteiger partial charge in [-0.1, -0.05) is 26.0 Å². The summed E-state index contributed by atoms with van der Waals surface area (Å²) in [6, 6.07) is 7.38. The van der Waals surface area contributed by atoms with Gasteiger partial charge >= 0.3 is 0 Å². The summed E-state index contributed by atoms with van der Waals surface area (Å²) in [6.07, 6.45) is 0.994. The largest absolute Gasteiger partial charge is 0.497 e. The molecular formula is C20H31N3O3. The van der Waals surface area contributed by atoms with Crippen LogP contribution in [0.1, 0.15) is 38.3 Å². The molecule has 1 aromatic carbocycles. The number of carbonyl (C=O) groups excluding carboxylic acids is 2. The second kappa shape index (κ2) is 9.57. The first-order valence-electron chi connectivity index (χ1n) is 9.41. The zero-order chi connectivity index (χ0) is 19.1. The van der Waals surface area contributed by atoms with E-state index < -0.39 is 0 Å². The maximum atomic E-state index is 12.8. The number of ether oxygens (including phenoxy) is 1. The number of carbonyl (C=O) groups is 2. The van der Waals surface area contributed by atoms with Crippen LogP contribution in [0.4, 0.5) is 0 Å². The van der Waals surface area contributed by atoms with E-state index in [1.807, 2.05) is 24.3 Å². The molecule has 1 aromatic rings. The number of piperidine rings is 1. The van der Waals surface area contributed by atoms with Gasteiger partial charge in [0.05, 0.1) is 19.1 Å². The van der Waals surface area contributed by atoms with E-state index in [0.717, 1.165) is 30.9 Å². The molecule has 1 aliphatic rings. The van der Waals surface area contributed by atoms with Gasteiger partial charge in [-0.2, -0.15) is 0 Å². The first-order chi connectivity index (χ1) is 12.5. The van der Waals surface area contributed by atoms with Gasteiger partial charge in [-0.25, -0.2) is 0 Å². The molecule has 0 unspecified atom stereocenters. The molecule has 6 heteroatoms. The molecule has 1 N–H and O–H groups in total. The molecule has 0 radical (unpaired) electrons. The van der Waals surface area contributed by atoms with Crippen LogP contribution in [0.2, 0.25) is 0 Å². The minimum Gasteiger partial charge on any atom is -0.497 e. The molecule has 2 amide bonds. The Balaban J connectivity index is 2.10. The van der Waals surface area contributed by atoms with E-state index >= 15 is 0 Å². The fraction of sp³-hybridized carbons (Fsp3) is 0.600. The second-order valence-electron chi connectivity index (χ2n) is 6.69. The highest BCUT2D eigenvalue weighted by Gasteiger charge is 2.38. The normalized spacial score (nSPS) is 20.3. The number of amides is 2. The highest BCUT2D eigenvalue weighted by atomic mass is 16.5. The molecule has 1 fully saturated rings. The molecule has 0 aliphatic carbocycles. The number of methoxy groups -OCH3 is 1. The van der Waals surface area contributed by atoms with Crippen LogP contribution in [0.25, 0.3) is 0 Å². The Labute approximate surface area is 156 Å². The third-order valence-electron chi connectivity index (χ3n) is 5.28. The lowest BCUT2D eigenvalue weighted by atomic mass is 9.84. The zero-order valence-electron chi connectivity index (χ0n) is 16.3. The fourth-order valence-corrected chi connectivity index (χ4v) is 3.58. The highest BCUT2D eigenvalue weighted by Crippen LogP contribution is 2.36. The van der Waals surface area contributed by atoms with Crippen LogP contribution in [0, 0.1) is 5.92 Å². The number of nitrogens with zero attached hydrogens (tertiary/aromatic N) is 2. The third kappa shape index (κ3) is 4.75. The summed E-state index contributed by atoms with van der Waals surface area (Å²) in [5, 5.41) is 3.07. The standard InChI is InChI=1S/C20H31N3O3/c1-5-23(6-2)14-13-21-20(25)17-11-12-18(24)22(3)19(17)15-7-9-16(26-4)10-8-15/h7-10,17,19H,5-6,11-14H2,1-4H3,(H,21,25)/t17-,19+/m1/s1. The van der Waals surface area contributed by atoms with Gasteiger partial charge in [0, 0.05) is 26.6 Å². The number of likely N-dealkylation sites (N-methyl/N-ethyl adjacent to an activating group) is 1. The summed E-state index contributed by atoms with van der Waals surface area (Å²) in [4.78, 5) is 29.0. The molecule has 1 heterocycles. The Morgan fingerprint density at radius 3 is 2.50 bits per heavy atom. The van der Waals surface area contributed by atoms with Gasteiger partial charge in [0.25, 0.3) is 0 Å². The molecular weight excluding hydrogens is 330 g/mol. The zero-order valence-corrected chi connectivity index (χ0v) is 16.3. The molecule has 0 saturated carbocycles. The predicted molar refractivity (Wildman–Crippen MR) is 102 cm³/mol. The van der Waals surface area contributed by atoms with Crippen molar-refractivity contribution < 1.29 is 14.3 Å². The first-order valence-corrected chi connectivity index (χ1v) is 9.41. The molecule has 1 aliphatic heterocycles. The van der Waals surface area contributed by atoms with Gasteiger partial charge in [-0.05, 0) is 37.2 Å². The average molecular weight is 361 g/mol. The summed E-state index contributed by atoms with van der Waals surface area (Å²) in [5.74, 6) is 0.636. The number of likely N-dealkylation sites (tertiary alicyclic amines) is 1. The Morgan fingerprint density at radius 1 is 1.27 bits per heavy atom. The van der Waals surface area contributed by atoms with E-state index in [0.29, 0.717) is 19.4 Å². The Hall–Kier alpha value is -2.08. The first kappa shape index (κ1) is 20.2. The summed E-state index contributed by atoms with van der Waals surface area (Å²) >= 11 is 0. The summed E-state index contributed by atoms with van der Waals surface area (Å²) in [5.41, 5.74) is 0.963. The second-order valence-corrected chi connectivity index (χ2v) is 6.69. The topological polar surface area (TPSA) is 61.9 Å². The lowest BCUT2D eigenvalue weighted by Gasteiger charge is -2.38. The summed E-state index contributed by atoms with van der Waals surface area (Å²) in [7, 11) is 3.41. The number of benzene rings is 1. The fourth-order valence-electron chi connectivity index (χ4n) is 3.58. The highest BCUT2D eigenvalue weighted by molar-refractivity contribution is 5.84. The van der Waals surface area contributed by atoms with E-state index in [4.69, 9.17) is 4.74 Å². The molecule has 0 spiro atoms. The van der Waals surface area contributed by atoms with E-state index in [1.165, 1.54) is 0 Å². The molecule has 1 saturated heterocycles. The van der Waals surface area contributed by atoms with Crippen molar-refractivity contribution >= 4 is 11.8 Å². The van der Waals surface area contributed by atoms with Crippen molar-refractivity contribution in [1.82, 2.24) is 15.1 Å². The van der Waals surface area contributed by atoms with Gasteiger partial charge in [-0.3, -0.25) is 9.59 Å². The number of hydrogen-bond acceptors (Lipinski definition) is 4. The van der Waals surface area contributed by atoms with Crippen LogP contribution in [0.5, 0.6) is 5.75 Å². The molecule has 2 atom stereocenters. The van der Waals surface area contributed by atoms with Crippen molar-refractivity contribution in [3.8, 4) is 5.75 Å². The van der Waals surface area contributed by atoms with E-state index in [9.17, 15) is 9.59 Å². The molecule has 6 nitrogen and oxygen atoms in total. The van der Waals surface area contributed by atoms with Crippen LogP contribution in [0.15, 0.2) is 24.3 Å². The van der Waals surface area contributed by atoms with Crippen molar-refractivity contribution in [2.24, 2.45) is 5.92 Å². The Bertz CT molecular complexity index is 599. The maximum Gasteiger partial charge on any atom is 0.225 e. The summed E-state index contributed by atoms with van der Waals surface area (Å²) in [6.45, 7) is 7.65. The van der Waals surface area contributed by atoms with Crippen LogP contribution < -0.4 is 10.1 Å². The van der Waals surface area contributed by atoms with E-state index in [1.54, 1.807) is 19.1 Å². The van der Waals surface area contributed by atoms with Crippen LogP contribution in [-0.2, 0) is 9.59 Å². The maximum absolute atomic E-state index is 12.8. The van der Waals surface area contributed by atoms with Crippen molar-refractivity contribution in [2.75, 3.05) is 40.3 Å². The van der Waals surface area contributed by atoms with Gasteiger partial charge < -0.3 is 19.9 Å². The predicted octanol–water partition coefficient (Wildman–Crippen LogP) is 2.06. The number of rotatable bonds is 8. The molecule has 144 valence electrons. The van der Waals surface area contributed by atoms with Gasteiger partial charge in [0.2, 0.25) is 11.8 Å². The minimum absolute atomic E-state index is 0.0253. The van der Waals surface area contributed by atoms with E-state index in [-0.39, 0.29) is 23.8 Å². The lowest BCUT2D eigenvalue weighted by molar-refractivity contribution is -0.141. The molecule has 0 aromatic heterocycles. The molecule has 0 bridgehead atoms. The van der Waals surface area contributed by atoms with Crippen LogP contribution >= 0.6 is 0 Å². The SMILES string of the molecule is CCN(CC)CCNC(=O)[C@@H]1CCC(=O)N(C)[C@H]1c1ccc(OC)cc1.